The summed E-state index contributed by atoms with van der Waals surface area (Å²) in [5.41, 5.74) is 2.39. The van der Waals surface area contributed by atoms with Crippen molar-refractivity contribution >= 4 is 52.1 Å². The number of Topliss-reactive ketones (excluding diaryl/α,β-unsaturated/α-hetero) is 1. The zero-order valence-corrected chi connectivity index (χ0v) is 24.6. The molecule has 12 heteroatoms. The van der Waals surface area contributed by atoms with Crippen LogP contribution in [0.5, 0.6) is 5.75 Å². The van der Waals surface area contributed by atoms with Crippen LogP contribution in [-0.2, 0) is 4.79 Å². The Kier molecular flexibility index (Phi) is 10.3. The van der Waals surface area contributed by atoms with E-state index in [0.29, 0.717) is 36.3 Å². The van der Waals surface area contributed by atoms with E-state index in [1.807, 2.05) is 12.1 Å². The third-order valence-electron chi connectivity index (χ3n) is 7.03. The van der Waals surface area contributed by atoms with Crippen LogP contribution in [0.1, 0.15) is 23.2 Å². The Morgan fingerprint density at radius 2 is 1.83 bits per heavy atom. The van der Waals surface area contributed by atoms with Crippen molar-refractivity contribution in [2.24, 2.45) is 0 Å². The summed E-state index contributed by atoms with van der Waals surface area (Å²) in [4.78, 5) is 38.7. The Bertz CT molecular complexity index is 1360. The minimum atomic E-state index is -0.691. The molecule has 0 unspecified atom stereocenters. The fraction of sp³-hybridized carbons (Fsp3) is 0.379. The van der Waals surface area contributed by atoms with Gasteiger partial charge < -0.3 is 35.8 Å². The number of ether oxygens (including phenoxy) is 1. The fourth-order valence-corrected chi connectivity index (χ4v) is 4.82. The van der Waals surface area contributed by atoms with E-state index in [2.05, 4.69) is 61.2 Å². The standard InChI is InChI=1S/C29H37ClN8O3/c1-31-13-14-32-28(40)26(39)21-7-5-6-8-23(21)34-27-22(30)18-33-29(36-27)35-24-10-9-20(17-25(24)41-4)38-15-11-19(12-16-38)37(2)3/h5-10,17-19,31H,11-16H2,1-4H3,(H,32,40)(H2,33,34,35,36). The monoisotopic (exact) mass is 580 g/mol. The van der Waals surface area contributed by atoms with Crippen LogP contribution in [0.2, 0.25) is 5.02 Å². The van der Waals surface area contributed by atoms with Crippen molar-refractivity contribution in [3.8, 4) is 5.75 Å². The highest BCUT2D eigenvalue weighted by molar-refractivity contribution is 6.44. The summed E-state index contributed by atoms with van der Waals surface area (Å²) >= 11 is 6.40. The molecule has 1 aliphatic rings. The summed E-state index contributed by atoms with van der Waals surface area (Å²) in [6, 6.07) is 13.3. The predicted octanol–water partition coefficient (Wildman–Crippen LogP) is 3.67. The summed E-state index contributed by atoms with van der Waals surface area (Å²) in [6.45, 7) is 2.85. The number of hydrogen-bond acceptors (Lipinski definition) is 10. The zero-order chi connectivity index (χ0) is 29.4. The van der Waals surface area contributed by atoms with E-state index in [4.69, 9.17) is 16.3 Å². The van der Waals surface area contributed by atoms with E-state index in [-0.39, 0.29) is 22.4 Å². The normalized spacial score (nSPS) is 13.7. The first-order valence-corrected chi connectivity index (χ1v) is 13.9. The molecule has 1 fully saturated rings. The van der Waals surface area contributed by atoms with Gasteiger partial charge in [0.25, 0.3) is 11.7 Å². The molecule has 1 aliphatic heterocycles. The molecule has 0 saturated carbocycles. The van der Waals surface area contributed by atoms with Crippen molar-refractivity contribution in [1.29, 1.82) is 0 Å². The van der Waals surface area contributed by atoms with Gasteiger partial charge in [0, 0.05) is 44.0 Å². The van der Waals surface area contributed by atoms with Gasteiger partial charge in [-0.25, -0.2) is 4.98 Å². The second kappa shape index (κ2) is 14.1. The van der Waals surface area contributed by atoms with Gasteiger partial charge in [-0.3, -0.25) is 9.59 Å². The number of nitrogens with zero attached hydrogens (tertiary/aromatic N) is 4. The van der Waals surface area contributed by atoms with Crippen molar-refractivity contribution in [3.63, 3.8) is 0 Å². The smallest absolute Gasteiger partial charge is 0.292 e. The van der Waals surface area contributed by atoms with Crippen LogP contribution < -0.4 is 30.9 Å². The van der Waals surface area contributed by atoms with Crippen molar-refractivity contribution in [2.45, 2.75) is 18.9 Å². The number of anilines is 5. The maximum Gasteiger partial charge on any atom is 0.292 e. The average Bonchev–Trinajstić information content (AvgIpc) is 2.99. The van der Waals surface area contributed by atoms with Crippen LogP contribution in [0, 0.1) is 0 Å². The first kappa shape index (κ1) is 30.0. The number of ketones is 1. The van der Waals surface area contributed by atoms with Gasteiger partial charge in [0.05, 0.1) is 30.2 Å². The quantitative estimate of drug-likeness (QED) is 0.143. The molecule has 2 heterocycles. The van der Waals surface area contributed by atoms with Gasteiger partial charge >= 0.3 is 0 Å². The number of aromatic nitrogens is 2. The molecular weight excluding hydrogens is 544 g/mol. The van der Waals surface area contributed by atoms with Gasteiger partial charge in [0.15, 0.2) is 5.82 Å². The molecule has 11 nitrogen and oxygen atoms in total. The number of nitrogens with one attached hydrogen (secondary N) is 4. The van der Waals surface area contributed by atoms with Crippen molar-refractivity contribution < 1.29 is 14.3 Å². The second-order valence-electron chi connectivity index (χ2n) is 9.94. The van der Waals surface area contributed by atoms with E-state index in [1.165, 1.54) is 6.20 Å². The van der Waals surface area contributed by atoms with Gasteiger partial charge in [0.1, 0.15) is 10.8 Å². The second-order valence-corrected chi connectivity index (χ2v) is 10.3. The van der Waals surface area contributed by atoms with Gasteiger partial charge in [-0.05, 0) is 58.3 Å². The maximum atomic E-state index is 12.8. The molecule has 218 valence electrons. The van der Waals surface area contributed by atoms with E-state index in [9.17, 15) is 9.59 Å². The molecular formula is C29H37ClN8O3. The van der Waals surface area contributed by atoms with Crippen molar-refractivity contribution in [2.75, 3.05) is 70.0 Å². The minimum Gasteiger partial charge on any atom is -0.494 e. The molecule has 2 aromatic carbocycles. The van der Waals surface area contributed by atoms with Crippen LogP contribution >= 0.6 is 11.6 Å². The number of benzene rings is 2. The van der Waals surface area contributed by atoms with Gasteiger partial charge in [0.2, 0.25) is 5.95 Å². The molecule has 1 saturated heterocycles. The molecule has 4 rings (SSSR count). The molecule has 0 atom stereocenters. The van der Waals surface area contributed by atoms with E-state index in [1.54, 1.807) is 38.4 Å². The summed E-state index contributed by atoms with van der Waals surface area (Å²) in [7, 11) is 7.66. The first-order chi connectivity index (χ1) is 19.8. The molecule has 1 amide bonds. The lowest BCUT2D eigenvalue weighted by molar-refractivity contribution is -0.116. The zero-order valence-electron chi connectivity index (χ0n) is 23.8. The molecule has 0 aliphatic carbocycles. The summed E-state index contributed by atoms with van der Waals surface area (Å²) < 4.78 is 5.68. The average molecular weight is 581 g/mol. The fourth-order valence-electron chi connectivity index (χ4n) is 4.68. The number of piperidine rings is 1. The number of amides is 1. The van der Waals surface area contributed by atoms with Crippen LogP contribution in [-0.4, -0.2) is 87.0 Å². The number of methoxy groups -OCH3 is 1. The van der Waals surface area contributed by atoms with Crippen LogP contribution in [0.3, 0.4) is 0 Å². The Hall–Kier alpha value is -3.93. The summed E-state index contributed by atoms with van der Waals surface area (Å²) in [5.74, 6) is -0.139. The number of likely N-dealkylation sites (N-methyl/N-ethyl adjacent to an activating group) is 1. The Morgan fingerprint density at radius 1 is 1.07 bits per heavy atom. The molecule has 0 spiro atoms. The Morgan fingerprint density at radius 3 is 2.54 bits per heavy atom. The molecule has 4 N–H and O–H groups in total. The molecule has 0 radical (unpaired) electrons. The van der Waals surface area contributed by atoms with Crippen LogP contribution in [0.4, 0.5) is 28.8 Å². The van der Waals surface area contributed by atoms with Gasteiger partial charge in [-0.15, -0.1) is 0 Å². The molecule has 0 bridgehead atoms. The summed E-state index contributed by atoms with van der Waals surface area (Å²) in [5, 5.41) is 12.1. The van der Waals surface area contributed by atoms with Gasteiger partial charge in [-0.2, -0.15) is 4.98 Å². The van der Waals surface area contributed by atoms with E-state index in [0.717, 1.165) is 31.6 Å². The van der Waals surface area contributed by atoms with Crippen molar-refractivity contribution in [3.05, 3.63) is 59.2 Å². The highest BCUT2D eigenvalue weighted by atomic mass is 35.5. The molecule has 1 aromatic heterocycles. The number of halogens is 1. The van der Waals surface area contributed by atoms with Crippen molar-refractivity contribution in [1.82, 2.24) is 25.5 Å². The third-order valence-corrected chi connectivity index (χ3v) is 7.30. The minimum absolute atomic E-state index is 0.200. The lowest BCUT2D eigenvalue weighted by Crippen LogP contribution is -2.41. The SMILES string of the molecule is CNCCNC(=O)C(=O)c1ccccc1Nc1nc(Nc2ccc(N3CCC(N(C)C)CC3)cc2OC)ncc1Cl. The number of para-hydroxylation sites is 1. The van der Waals surface area contributed by atoms with Gasteiger partial charge in [-0.1, -0.05) is 23.7 Å². The largest absolute Gasteiger partial charge is 0.494 e. The predicted molar refractivity (Wildman–Crippen MR) is 163 cm³/mol. The Balaban J connectivity index is 1.49. The van der Waals surface area contributed by atoms with E-state index < -0.39 is 11.7 Å². The number of carbonyl (C=O) groups excluding carboxylic acids is 2. The Labute approximate surface area is 245 Å². The number of carbonyl (C=O) groups is 2. The summed E-state index contributed by atoms with van der Waals surface area (Å²) in [6.07, 6.45) is 3.68. The number of rotatable bonds is 12. The van der Waals surface area contributed by atoms with Crippen LogP contribution in [0.15, 0.2) is 48.7 Å². The maximum absolute atomic E-state index is 12.8. The van der Waals surface area contributed by atoms with Crippen LogP contribution in [0.25, 0.3) is 0 Å². The first-order valence-electron chi connectivity index (χ1n) is 13.5. The lowest BCUT2D eigenvalue weighted by atomic mass is 10.0. The third kappa shape index (κ3) is 7.63. The number of hydrogen-bond donors (Lipinski definition) is 4. The molecule has 41 heavy (non-hydrogen) atoms. The lowest BCUT2D eigenvalue weighted by Gasteiger charge is -2.36. The highest BCUT2D eigenvalue weighted by Crippen LogP contribution is 2.34. The van der Waals surface area contributed by atoms with E-state index >= 15 is 0 Å². The highest BCUT2D eigenvalue weighted by Gasteiger charge is 2.22. The molecule has 3 aromatic rings. The topological polar surface area (TPSA) is 124 Å².